The van der Waals surface area contributed by atoms with E-state index in [-0.39, 0.29) is 12.2 Å². The van der Waals surface area contributed by atoms with Gasteiger partial charge in [0.2, 0.25) is 0 Å². The van der Waals surface area contributed by atoms with Crippen LogP contribution in [0.4, 0.5) is 0 Å². The van der Waals surface area contributed by atoms with E-state index in [0.717, 1.165) is 19.3 Å². The van der Waals surface area contributed by atoms with Gasteiger partial charge in [0, 0.05) is 6.54 Å². The summed E-state index contributed by atoms with van der Waals surface area (Å²) in [7, 11) is 0. The first-order chi connectivity index (χ1) is 6.04. The molecule has 1 unspecified atom stereocenters. The van der Waals surface area contributed by atoms with Crippen LogP contribution in [0.5, 0.6) is 0 Å². The van der Waals surface area contributed by atoms with E-state index in [2.05, 4.69) is 13.8 Å². The smallest absolute Gasteiger partial charge is 0.0810 e. The second-order valence-electron chi connectivity index (χ2n) is 4.80. The largest absolute Gasteiger partial charge is 0.394 e. The second kappa shape index (κ2) is 3.95. The van der Waals surface area contributed by atoms with E-state index in [1.807, 2.05) is 0 Å². The molecule has 1 aliphatic rings. The van der Waals surface area contributed by atoms with Crippen molar-refractivity contribution in [2.45, 2.75) is 38.7 Å². The Morgan fingerprint density at radius 1 is 1.38 bits per heavy atom. The predicted octanol–water partition coefficient (Wildman–Crippen LogP) is 0.903. The zero-order valence-corrected chi connectivity index (χ0v) is 8.68. The highest BCUT2D eigenvalue weighted by atomic mass is 16.5. The van der Waals surface area contributed by atoms with Gasteiger partial charge in [0.25, 0.3) is 0 Å². The predicted molar refractivity (Wildman–Crippen MR) is 52.5 cm³/mol. The van der Waals surface area contributed by atoms with Gasteiger partial charge in [-0.3, -0.25) is 0 Å². The maximum atomic E-state index is 8.70. The fourth-order valence-corrected chi connectivity index (χ4v) is 2.23. The summed E-state index contributed by atoms with van der Waals surface area (Å²) in [5.41, 5.74) is 5.91. The van der Waals surface area contributed by atoms with Gasteiger partial charge in [-0.15, -0.1) is 0 Å². The first-order valence-corrected chi connectivity index (χ1v) is 4.99. The Kier molecular flexibility index (Phi) is 3.33. The average molecular weight is 187 g/mol. The number of ether oxygens (including phenoxy) is 1. The molecular weight excluding hydrogens is 166 g/mol. The standard InChI is InChI=1S/C10H21NO2/c1-9(2)3-4-10(7-9,8-11)13-6-5-12/h12H,3-8,11H2,1-2H3. The van der Waals surface area contributed by atoms with Gasteiger partial charge in [0.15, 0.2) is 0 Å². The summed E-state index contributed by atoms with van der Waals surface area (Å²) in [6, 6.07) is 0. The molecule has 3 N–H and O–H groups in total. The number of aliphatic hydroxyl groups is 1. The SMILES string of the molecule is CC1(C)CCC(CN)(OCCO)C1. The number of hydrogen-bond acceptors (Lipinski definition) is 3. The Balaban J connectivity index is 2.52. The number of aliphatic hydroxyl groups excluding tert-OH is 1. The minimum absolute atomic E-state index is 0.0855. The van der Waals surface area contributed by atoms with Crippen molar-refractivity contribution in [2.75, 3.05) is 19.8 Å². The van der Waals surface area contributed by atoms with Crippen molar-refractivity contribution in [3.63, 3.8) is 0 Å². The maximum Gasteiger partial charge on any atom is 0.0810 e. The summed E-state index contributed by atoms with van der Waals surface area (Å²) in [6.45, 7) is 5.55. The molecule has 1 rings (SSSR count). The number of rotatable bonds is 4. The molecule has 0 spiro atoms. The molecule has 0 aromatic heterocycles. The second-order valence-corrected chi connectivity index (χ2v) is 4.80. The average Bonchev–Trinajstić information content (AvgIpc) is 2.40. The van der Waals surface area contributed by atoms with E-state index < -0.39 is 0 Å². The van der Waals surface area contributed by atoms with Crippen LogP contribution in [0, 0.1) is 5.41 Å². The minimum atomic E-state index is -0.160. The van der Waals surface area contributed by atoms with E-state index in [9.17, 15) is 0 Å². The Bertz CT molecular complexity index is 170. The number of hydrogen-bond donors (Lipinski definition) is 2. The van der Waals surface area contributed by atoms with Crippen LogP contribution in [0.3, 0.4) is 0 Å². The minimum Gasteiger partial charge on any atom is -0.394 e. The summed E-state index contributed by atoms with van der Waals surface area (Å²) >= 11 is 0. The Hall–Kier alpha value is -0.120. The molecule has 1 aliphatic carbocycles. The summed E-state index contributed by atoms with van der Waals surface area (Å²) in [6.07, 6.45) is 3.20. The van der Waals surface area contributed by atoms with E-state index in [0.29, 0.717) is 18.6 Å². The molecule has 0 aliphatic heterocycles. The van der Waals surface area contributed by atoms with Crippen molar-refractivity contribution in [3.8, 4) is 0 Å². The molecule has 0 radical (unpaired) electrons. The molecule has 1 atom stereocenters. The third kappa shape index (κ3) is 2.66. The molecule has 3 nitrogen and oxygen atoms in total. The summed E-state index contributed by atoms with van der Waals surface area (Å²) in [5.74, 6) is 0. The van der Waals surface area contributed by atoms with Gasteiger partial charge in [-0.1, -0.05) is 13.8 Å². The van der Waals surface area contributed by atoms with Crippen LogP contribution >= 0.6 is 0 Å². The molecule has 1 saturated carbocycles. The van der Waals surface area contributed by atoms with Crippen LogP contribution in [0.15, 0.2) is 0 Å². The maximum absolute atomic E-state index is 8.70. The highest BCUT2D eigenvalue weighted by molar-refractivity contribution is 4.96. The molecule has 3 heteroatoms. The fraction of sp³-hybridized carbons (Fsp3) is 1.00. The van der Waals surface area contributed by atoms with Gasteiger partial charge in [0.1, 0.15) is 0 Å². The highest BCUT2D eigenvalue weighted by Crippen LogP contribution is 2.44. The summed E-state index contributed by atoms with van der Waals surface area (Å²) in [4.78, 5) is 0. The van der Waals surface area contributed by atoms with Crippen molar-refractivity contribution in [1.29, 1.82) is 0 Å². The van der Waals surface area contributed by atoms with Crippen LogP contribution in [0.25, 0.3) is 0 Å². The zero-order valence-electron chi connectivity index (χ0n) is 8.68. The molecule has 0 aromatic carbocycles. The summed E-state index contributed by atoms with van der Waals surface area (Å²) in [5, 5.41) is 8.70. The molecule has 0 heterocycles. The van der Waals surface area contributed by atoms with Crippen molar-refractivity contribution in [2.24, 2.45) is 11.1 Å². The van der Waals surface area contributed by atoms with Gasteiger partial charge in [-0.05, 0) is 24.7 Å². The van der Waals surface area contributed by atoms with E-state index in [4.69, 9.17) is 15.6 Å². The third-order valence-corrected chi connectivity index (χ3v) is 2.93. The van der Waals surface area contributed by atoms with Crippen molar-refractivity contribution in [1.82, 2.24) is 0 Å². The lowest BCUT2D eigenvalue weighted by atomic mass is 9.89. The van der Waals surface area contributed by atoms with Crippen LogP contribution < -0.4 is 5.73 Å². The Morgan fingerprint density at radius 3 is 2.46 bits per heavy atom. The van der Waals surface area contributed by atoms with Crippen LogP contribution in [0.1, 0.15) is 33.1 Å². The lowest BCUT2D eigenvalue weighted by Crippen LogP contribution is -2.39. The van der Waals surface area contributed by atoms with Crippen LogP contribution in [-0.2, 0) is 4.74 Å². The summed E-state index contributed by atoms with van der Waals surface area (Å²) < 4.78 is 5.65. The van der Waals surface area contributed by atoms with Crippen LogP contribution in [-0.4, -0.2) is 30.5 Å². The molecule has 78 valence electrons. The molecule has 0 aromatic rings. The van der Waals surface area contributed by atoms with Gasteiger partial charge in [0.05, 0.1) is 18.8 Å². The zero-order chi connectivity index (χ0) is 9.95. The molecule has 0 saturated heterocycles. The van der Waals surface area contributed by atoms with E-state index in [1.165, 1.54) is 0 Å². The monoisotopic (exact) mass is 187 g/mol. The molecule has 13 heavy (non-hydrogen) atoms. The molecule has 0 amide bonds. The number of nitrogens with two attached hydrogens (primary N) is 1. The Morgan fingerprint density at radius 2 is 2.08 bits per heavy atom. The molecule has 0 bridgehead atoms. The topological polar surface area (TPSA) is 55.5 Å². The van der Waals surface area contributed by atoms with E-state index >= 15 is 0 Å². The lowest BCUT2D eigenvalue weighted by Gasteiger charge is -2.29. The van der Waals surface area contributed by atoms with Crippen LogP contribution in [0.2, 0.25) is 0 Å². The molecule has 1 fully saturated rings. The normalized spacial score (nSPS) is 32.3. The first-order valence-electron chi connectivity index (χ1n) is 4.99. The quantitative estimate of drug-likeness (QED) is 0.687. The van der Waals surface area contributed by atoms with Gasteiger partial charge < -0.3 is 15.6 Å². The fourth-order valence-electron chi connectivity index (χ4n) is 2.23. The Labute approximate surface area is 80.3 Å². The van der Waals surface area contributed by atoms with E-state index in [1.54, 1.807) is 0 Å². The van der Waals surface area contributed by atoms with Gasteiger partial charge in [-0.2, -0.15) is 0 Å². The lowest BCUT2D eigenvalue weighted by molar-refractivity contribution is -0.0526. The van der Waals surface area contributed by atoms with Crippen molar-refractivity contribution in [3.05, 3.63) is 0 Å². The molecular formula is C10H21NO2. The van der Waals surface area contributed by atoms with Crippen molar-refractivity contribution >= 4 is 0 Å². The van der Waals surface area contributed by atoms with Gasteiger partial charge >= 0.3 is 0 Å². The third-order valence-electron chi connectivity index (χ3n) is 2.93. The van der Waals surface area contributed by atoms with Gasteiger partial charge in [-0.25, -0.2) is 0 Å². The first kappa shape index (κ1) is 11.0. The van der Waals surface area contributed by atoms with Crippen molar-refractivity contribution < 1.29 is 9.84 Å². The highest BCUT2D eigenvalue weighted by Gasteiger charge is 2.42.